The van der Waals surface area contributed by atoms with E-state index in [0.717, 1.165) is 22.8 Å². The molecule has 0 spiro atoms. The first-order chi connectivity index (χ1) is 15.5. The summed E-state index contributed by atoms with van der Waals surface area (Å²) < 4.78 is 25.3. The summed E-state index contributed by atoms with van der Waals surface area (Å²) in [7, 11) is 0. The Bertz CT molecular complexity index is 1420. The van der Waals surface area contributed by atoms with Crippen molar-refractivity contribution < 1.29 is 23.5 Å². The number of pyridine rings is 1. The topological polar surface area (TPSA) is 85.5 Å². The number of carbonyl (C=O) groups excluding carboxylic acids is 2. The molecular formula is C24H18FNO5S. The third kappa shape index (κ3) is 4.31. The molecule has 2 aromatic carbocycles. The first-order valence-electron chi connectivity index (χ1n) is 9.82. The van der Waals surface area contributed by atoms with Crippen LogP contribution in [0.5, 0.6) is 0 Å². The van der Waals surface area contributed by atoms with Gasteiger partial charge in [0.1, 0.15) is 17.3 Å². The van der Waals surface area contributed by atoms with Crippen molar-refractivity contribution in [2.75, 3.05) is 6.61 Å². The van der Waals surface area contributed by atoms with Gasteiger partial charge in [-0.1, -0.05) is 24.3 Å². The predicted octanol–water partition coefficient (Wildman–Crippen LogP) is 4.82. The molecule has 6 nitrogen and oxygen atoms in total. The van der Waals surface area contributed by atoms with E-state index in [1.165, 1.54) is 12.1 Å². The molecule has 0 aliphatic rings. The van der Waals surface area contributed by atoms with Crippen LogP contribution in [0.3, 0.4) is 0 Å². The third-order valence-electron chi connectivity index (χ3n) is 4.76. The number of ether oxygens (including phenoxy) is 2. The summed E-state index contributed by atoms with van der Waals surface area (Å²) in [4.78, 5) is 39.7. The van der Waals surface area contributed by atoms with Gasteiger partial charge in [0.2, 0.25) is 0 Å². The lowest BCUT2D eigenvalue weighted by molar-refractivity contribution is -0.138. The van der Waals surface area contributed by atoms with Gasteiger partial charge in [-0.3, -0.25) is 4.79 Å². The van der Waals surface area contributed by atoms with Crippen LogP contribution in [0.1, 0.15) is 27.7 Å². The van der Waals surface area contributed by atoms with E-state index in [-0.39, 0.29) is 34.6 Å². The molecule has 0 saturated carbocycles. The zero-order valence-electron chi connectivity index (χ0n) is 17.0. The molecule has 1 N–H and O–H groups in total. The van der Waals surface area contributed by atoms with E-state index >= 15 is 0 Å². The Balaban J connectivity index is 1.57. The molecule has 0 amide bonds. The highest BCUT2D eigenvalue weighted by molar-refractivity contribution is 7.21. The Morgan fingerprint density at radius 2 is 1.94 bits per heavy atom. The number of hydrogen-bond acceptors (Lipinski definition) is 6. The van der Waals surface area contributed by atoms with Crippen LogP contribution in [0.25, 0.3) is 27.1 Å². The minimum atomic E-state index is -0.733. The fraction of sp³-hybridized carbons (Fsp3) is 0.125. The molecule has 4 rings (SSSR count). The minimum absolute atomic E-state index is 0.165. The smallest absolute Gasteiger partial charge is 0.348 e. The Kier molecular flexibility index (Phi) is 6.13. The van der Waals surface area contributed by atoms with Gasteiger partial charge < -0.3 is 14.5 Å². The van der Waals surface area contributed by atoms with Crippen LogP contribution in [0.4, 0.5) is 4.39 Å². The van der Waals surface area contributed by atoms with Crippen LogP contribution in [-0.4, -0.2) is 23.5 Å². The highest BCUT2D eigenvalue weighted by Gasteiger charge is 2.22. The molecule has 8 heteroatoms. The van der Waals surface area contributed by atoms with Gasteiger partial charge in [0, 0.05) is 32.8 Å². The number of aromatic amines is 1. The van der Waals surface area contributed by atoms with E-state index in [1.807, 2.05) is 18.2 Å². The SMILES string of the molecule is CCOC(=O)c1sc2cccc(F)c2c1COC(=O)C=Cc1cc2ccccc2[nH]c1=O. The number of para-hydroxylation sites is 1. The van der Waals surface area contributed by atoms with Gasteiger partial charge in [0.25, 0.3) is 5.56 Å². The van der Waals surface area contributed by atoms with Crippen molar-refractivity contribution in [2.45, 2.75) is 13.5 Å². The molecule has 0 aliphatic carbocycles. The molecule has 0 fully saturated rings. The zero-order valence-corrected chi connectivity index (χ0v) is 17.8. The summed E-state index contributed by atoms with van der Waals surface area (Å²) in [6.07, 6.45) is 2.47. The number of thiophene rings is 1. The Morgan fingerprint density at radius 1 is 1.12 bits per heavy atom. The summed E-state index contributed by atoms with van der Waals surface area (Å²) in [5.41, 5.74) is 0.894. The van der Waals surface area contributed by atoms with Crippen LogP contribution in [0.15, 0.2) is 59.4 Å². The van der Waals surface area contributed by atoms with Gasteiger partial charge in [-0.05, 0) is 42.7 Å². The summed E-state index contributed by atoms with van der Waals surface area (Å²) in [6.45, 7) is 1.52. The number of fused-ring (bicyclic) bond motifs is 2. The van der Waals surface area contributed by atoms with Crippen LogP contribution in [0.2, 0.25) is 0 Å². The lowest BCUT2D eigenvalue weighted by Crippen LogP contribution is -2.10. The molecule has 0 saturated heterocycles. The van der Waals surface area contributed by atoms with E-state index in [1.54, 1.807) is 31.2 Å². The van der Waals surface area contributed by atoms with Gasteiger partial charge in [0.15, 0.2) is 0 Å². The normalized spacial score (nSPS) is 11.3. The molecule has 0 aliphatic heterocycles. The summed E-state index contributed by atoms with van der Waals surface area (Å²) in [5, 5.41) is 1.04. The van der Waals surface area contributed by atoms with Crippen molar-refractivity contribution in [3.63, 3.8) is 0 Å². The number of H-pyrrole nitrogens is 1. The molecule has 162 valence electrons. The number of esters is 2. The van der Waals surface area contributed by atoms with E-state index in [2.05, 4.69) is 4.98 Å². The highest BCUT2D eigenvalue weighted by atomic mass is 32.1. The fourth-order valence-corrected chi connectivity index (χ4v) is 4.42. The zero-order chi connectivity index (χ0) is 22.7. The first-order valence-corrected chi connectivity index (χ1v) is 10.6. The van der Waals surface area contributed by atoms with E-state index in [0.29, 0.717) is 15.8 Å². The van der Waals surface area contributed by atoms with Crippen molar-refractivity contribution >= 4 is 50.3 Å². The standard InChI is InChI=1S/C24H18FNO5S/c1-2-30-24(29)22-16(21-17(25)7-5-9-19(21)32-22)13-31-20(27)11-10-15-12-14-6-3-4-8-18(14)26-23(15)28/h3-12H,2,13H2,1H3,(H,26,28). The maximum Gasteiger partial charge on any atom is 0.348 e. The average molecular weight is 451 g/mol. The maximum absolute atomic E-state index is 14.4. The Labute approximate surface area is 185 Å². The summed E-state index contributed by atoms with van der Waals surface area (Å²) in [6, 6.07) is 13.4. The van der Waals surface area contributed by atoms with Gasteiger partial charge in [-0.2, -0.15) is 0 Å². The quantitative estimate of drug-likeness (QED) is 0.336. The number of nitrogens with one attached hydrogen (secondary N) is 1. The first kappa shape index (κ1) is 21.5. The molecule has 0 unspecified atom stereocenters. The minimum Gasteiger partial charge on any atom is -0.462 e. The van der Waals surface area contributed by atoms with Crippen LogP contribution >= 0.6 is 11.3 Å². The number of carbonyl (C=O) groups is 2. The van der Waals surface area contributed by atoms with E-state index < -0.39 is 17.8 Å². The van der Waals surface area contributed by atoms with Crippen molar-refractivity contribution in [1.29, 1.82) is 0 Å². The lowest BCUT2D eigenvalue weighted by atomic mass is 10.1. The molecule has 2 heterocycles. The van der Waals surface area contributed by atoms with Gasteiger partial charge >= 0.3 is 11.9 Å². The van der Waals surface area contributed by atoms with Crippen molar-refractivity contribution in [3.05, 3.63) is 86.8 Å². The maximum atomic E-state index is 14.4. The van der Waals surface area contributed by atoms with Crippen LogP contribution < -0.4 is 5.56 Å². The Morgan fingerprint density at radius 3 is 2.75 bits per heavy atom. The molecule has 4 aromatic rings. The molecule has 0 atom stereocenters. The molecule has 0 radical (unpaired) electrons. The Hall–Kier alpha value is -3.78. The molecule has 2 aromatic heterocycles. The monoisotopic (exact) mass is 451 g/mol. The fourth-order valence-electron chi connectivity index (χ4n) is 3.30. The summed E-state index contributed by atoms with van der Waals surface area (Å²) in [5.74, 6) is -1.85. The number of rotatable bonds is 6. The predicted molar refractivity (Wildman–Crippen MR) is 121 cm³/mol. The molecule has 0 bridgehead atoms. The second-order valence-corrected chi connectivity index (χ2v) is 7.88. The second kappa shape index (κ2) is 9.15. The highest BCUT2D eigenvalue weighted by Crippen LogP contribution is 2.34. The van der Waals surface area contributed by atoms with Gasteiger partial charge in [-0.25, -0.2) is 14.0 Å². The number of halogens is 1. The lowest BCUT2D eigenvalue weighted by Gasteiger charge is -2.06. The van der Waals surface area contributed by atoms with Gasteiger partial charge in [-0.15, -0.1) is 11.3 Å². The average Bonchev–Trinajstić information content (AvgIpc) is 3.16. The third-order valence-corrected chi connectivity index (χ3v) is 5.94. The van der Waals surface area contributed by atoms with E-state index in [9.17, 15) is 18.8 Å². The van der Waals surface area contributed by atoms with Crippen LogP contribution in [0, 0.1) is 5.82 Å². The number of aromatic nitrogens is 1. The number of benzene rings is 2. The van der Waals surface area contributed by atoms with E-state index in [4.69, 9.17) is 9.47 Å². The van der Waals surface area contributed by atoms with Crippen molar-refractivity contribution in [2.24, 2.45) is 0 Å². The summed E-state index contributed by atoms with van der Waals surface area (Å²) >= 11 is 1.08. The second-order valence-electron chi connectivity index (χ2n) is 6.83. The number of hydrogen-bond donors (Lipinski definition) is 1. The molecular weight excluding hydrogens is 433 g/mol. The molecule has 32 heavy (non-hydrogen) atoms. The van der Waals surface area contributed by atoms with Gasteiger partial charge in [0.05, 0.1) is 6.61 Å². The van der Waals surface area contributed by atoms with Crippen LogP contribution in [-0.2, 0) is 20.9 Å². The largest absolute Gasteiger partial charge is 0.462 e. The van der Waals surface area contributed by atoms with Crippen molar-refractivity contribution in [3.8, 4) is 0 Å². The van der Waals surface area contributed by atoms with Crippen molar-refractivity contribution in [1.82, 2.24) is 4.98 Å².